The Morgan fingerprint density at radius 1 is 0.448 bits per heavy atom. The summed E-state index contributed by atoms with van der Waals surface area (Å²) >= 11 is 0. The molecule has 0 aromatic rings. The Balaban J connectivity index is -0.000000887. The van der Waals surface area contributed by atoms with Gasteiger partial charge in [-0.3, -0.25) is 8.92 Å². The first-order valence-corrected chi connectivity index (χ1v) is 26.2. The number of carbonyl (C=O) groups excluding carboxylic acids is 2. The molecule has 1 unspecified atom stereocenters. The maximum absolute atomic E-state index is 10.2. The molecule has 0 saturated carbocycles. The van der Waals surface area contributed by atoms with Gasteiger partial charge < -0.3 is 74.9 Å². The van der Waals surface area contributed by atoms with E-state index < -0.39 is 95.9 Å². The van der Waals surface area contributed by atoms with Crippen molar-refractivity contribution in [1.82, 2.24) is 0 Å². The van der Waals surface area contributed by atoms with Crippen LogP contribution in [0.15, 0.2) is 0 Å². The first kappa shape index (κ1) is 70.3. The zero-order chi connectivity index (χ0) is 49.8. The summed E-state index contributed by atoms with van der Waals surface area (Å²) in [7, 11) is -1.42. The molecule has 8 N–H and O–H groups in total. The molecule has 2 aliphatic rings. The number of ether oxygens (including phenoxy) is 3. The van der Waals surface area contributed by atoms with Gasteiger partial charge in [-0.15, -0.1) is 0 Å². The minimum atomic E-state index is -1.74. The number of hydrogen-bond acceptors (Lipinski definition) is 17. The fraction of sp³-hybridized carbons (Fsp3) is 0.958. The van der Waals surface area contributed by atoms with Gasteiger partial charge in [0.1, 0.15) is 48.8 Å². The molecule has 0 aromatic heterocycles. The molecule has 19 heteroatoms. The normalized spacial score (nSPS) is 24.3. The van der Waals surface area contributed by atoms with Crippen LogP contribution in [0.4, 0.5) is 0 Å². The van der Waals surface area contributed by atoms with Gasteiger partial charge in [-0.2, -0.15) is 0 Å². The van der Waals surface area contributed by atoms with Crippen molar-refractivity contribution >= 4 is 44.3 Å². The maximum Gasteiger partial charge on any atom is 2.00 e. The fourth-order valence-electron chi connectivity index (χ4n) is 7.85. The number of aliphatic hydroxyl groups excluding tert-OH is 8. The van der Waals surface area contributed by atoms with Crippen LogP contribution >= 0.6 is 0 Å². The minimum Gasteiger partial charge on any atom is -0.550 e. The van der Waals surface area contributed by atoms with Crippen molar-refractivity contribution < 1.29 is 83.8 Å². The molecule has 0 spiro atoms. The molecule has 2 heterocycles. The summed E-state index contributed by atoms with van der Waals surface area (Å²) in [5.41, 5.74) is 0. The van der Waals surface area contributed by atoms with Crippen molar-refractivity contribution in [3.8, 4) is 0 Å². The second-order valence-corrected chi connectivity index (χ2v) is 17.9. The number of aliphatic hydroxyl groups is 8. The molecule has 0 aromatic carbocycles. The molecule has 2 aliphatic heterocycles. The molecular formula is C48H92MgO17Si. The third-order valence-corrected chi connectivity index (χ3v) is 11.9. The number of carbonyl (C=O) groups is 2. The van der Waals surface area contributed by atoms with Crippen LogP contribution in [0.1, 0.15) is 219 Å². The summed E-state index contributed by atoms with van der Waals surface area (Å²) in [5, 5.41) is 96.9. The third-order valence-electron chi connectivity index (χ3n) is 11.9. The quantitative estimate of drug-likeness (QED) is 0.0329. The van der Waals surface area contributed by atoms with Crippen LogP contribution in [0, 0.1) is 0 Å². The van der Waals surface area contributed by atoms with Crippen molar-refractivity contribution in [2.45, 2.75) is 281 Å². The summed E-state index contributed by atoms with van der Waals surface area (Å²) in [6.07, 6.45) is 24.1. The number of hydrogen-bond donors (Lipinski definition) is 8. The van der Waals surface area contributed by atoms with Crippen molar-refractivity contribution in [1.29, 1.82) is 0 Å². The Hall–Kier alpha value is -0.917. The van der Waals surface area contributed by atoms with Gasteiger partial charge in [0.15, 0.2) is 12.6 Å². The summed E-state index contributed by atoms with van der Waals surface area (Å²) in [6, 6.07) is 0. The Kier molecular flexibility index (Phi) is 52.5. The van der Waals surface area contributed by atoms with Crippen molar-refractivity contribution in [2.24, 2.45) is 0 Å². The van der Waals surface area contributed by atoms with E-state index >= 15 is 0 Å². The third kappa shape index (κ3) is 39.4. The van der Waals surface area contributed by atoms with E-state index in [9.17, 15) is 55.5 Å². The van der Waals surface area contributed by atoms with Gasteiger partial charge in [-0.05, 0) is 25.7 Å². The second kappa shape index (κ2) is 50.0. The molecule has 0 radical (unpaired) electrons. The van der Waals surface area contributed by atoms with Crippen molar-refractivity contribution in [3.05, 3.63) is 0 Å². The second-order valence-electron chi connectivity index (χ2n) is 17.8. The van der Waals surface area contributed by atoms with Crippen LogP contribution < -0.4 is 10.2 Å². The van der Waals surface area contributed by atoms with E-state index in [1.165, 1.54) is 167 Å². The molecular weight excluding hydrogens is 901 g/mol. The largest absolute Gasteiger partial charge is 2.00 e. The zero-order valence-electron chi connectivity index (χ0n) is 41.3. The van der Waals surface area contributed by atoms with Gasteiger partial charge in [0, 0.05) is 11.9 Å². The summed E-state index contributed by atoms with van der Waals surface area (Å²) in [4.78, 5) is 20.4. The molecule has 0 amide bonds. The predicted molar refractivity (Wildman–Crippen MR) is 251 cm³/mol. The van der Waals surface area contributed by atoms with E-state index in [1.807, 2.05) is 0 Å². The topological polar surface area (TPSA) is 304 Å². The molecule has 67 heavy (non-hydrogen) atoms. The number of unbranched alkanes of at least 4 members (excludes halogenated alkanes) is 28. The van der Waals surface area contributed by atoms with Crippen LogP contribution in [0.5, 0.6) is 0 Å². The molecule has 0 bridgehead atoms. The molecule has 2 saturated heterocycles. The minimum absolute atomic E-state index is 0. The standard InChI is InChI=1S/2C18H36O2.C12H22O11.Mg.O2Si/c2*1-2-3-4-5-6-7-8-9-10-11-12-13-14-15-16-17-18(19)20;13-1-3-5(15)6(16)9(19)12(22-3)23-10-4(2-14)21-11(20)8(18)7(10)17;;1-3-2/h2*2-17H2,1H3,(H,19,20);3-20H,1-2H2;;/q;;;+2;/p-2/t;;3-,4-,5+,6+,7-,8-,9-,10-,11?,12+;;/m..1../s1. The van der Waals surface area contributed by atoms with E-state index in [-0.39, 0.29) is 35.9 Å². The Bertz CT molecular complexity index is 1090. The van der Waals surface area contributed by atoms with E-state index in [1.54, 1.807) is 0 Å². The SMILES string of the molecule is CCCCCCCCCCCCCCCCCC(=O)[O-].CCCCCCCCCCCCCCCCCC(=O)[O-].O=[Si]=O.OC[C@H]1O[C@@H](O[C@H]2[C@H](O)[C@@H](O)C(O)O[C@@H]2CO)[C@H](O)[C@@H](O)[C@H]1O.[Mg+2]. The average molecular weight is 994 g/mol. The summed E-state index contributed by atoms with van der Waals surface area (Å²) in [5.74, 6) is -1.81. The van der Waals surface area contributed by atoms with Crippen LogP contribution in [0.2, 0.25) is 0 Å². The molecule has 0 aliphatic carbocycles. The van der Waals surface area contributed by atoms with Crippen LogP contribution in [-0.4, -0.2) is 160 Å². The van der Waals surface area contributed by atoms with Gasteiger partial charge in [0.25, 0.3) is 0 Å². The Morgan fingerprint density at radius 3 is 1.03 bits per heavy atom. The first-order chi connectivity index (χ1) is 31.8. The fourth-order valence-corrected chi connectivity index (χ4v) is 7.85. The molecule has 10 atom stereocenters. The van der Waals surface area contributed by atoms with Crippen LogP contribution in [0.25, 0.3) is 0 Å². The molecule has 2 rings (SSSR count). The monoisotopic (exact) mass is 993 g/mol. The Labute approximate surface area is 420 Å². The van der Waals surface area contributed by atoms with E-state index in [2.05, 4.69) is 13.8 Å². The predicted octanol–water partition coefficient (Wildman–Crippen LogP) is 3.60. The van der Waals surface area contributed by atoms with E-state index in [4.69, 9.17) is 28.2 Å². The van der Waals surface area contributed by atoms with Gasteiger partial charge in [-0.1, -0.05) is 194 Å². The number of carboxylic acids is 2. The summed E-state index contributed by atoms with van der Waals surface area (Å²) < 4.78 is 32.1. The number of aliphatic carboxylic acids is 2. The van der Waals surface area contributed by atoms with Gasteiger partial charge in [-0.25, -0.2) is 0 Å². The van der Waals surface area contributed by atoms with Gasteiger partial charge in [0.05, 0.1) is 13.2 Å². The average Bonchev–Trinajstić information content (AvgIpc) is 3.29. The van der Waals surface area contributed by atoms with Crippen molar-refractivity contribution in [2.75, 3.05) is 13.2 Å². The number of rotatable bonds is 36. The van der Waals surface area contributed by atoms with Crippen LogP contribution in [0.3, 0.4) is 0 Å². The molecule has 17 nitrogen and oxygen atoms in total. The first-order valence-electron chi connectivity index (χ1n) is 25.4. The molecule has 2 fully saturated rings. The zero-order valence-corrected chi connectivity index (χ0v) is 43.7. The maximum atomic E-state index is 10.2. The van der Waals surface area contributed by atoms with Crippen molar-refractivity contribution in [3.63, 3.8) is 0 Å². The van der Waals surface area contributed by atoms with E-state index in [0.717, 1.165) is 25.7 Å². The van der Waals surface area contributed by atoms with Gasteiger partial charge >= 0.3 is 32.3 Å². The van der Waals surface area contributed by atoms with Crippen LogP contribution in [-0.2, 0) is 32.7 Å². The van der Waals surface area contributed by atoms with E-state index in [0.29, 0.717) is 0 Å². The Morgan fingerprint density at radius 2 is 0.746 bits per heavy atom. The number of carboxylic acid groups (broad SMARTS) is 2. The van der Waals surface area contributed by atoms with Gasteiger partial charge in [0.2, 0.25) is 0 Å². The molecule has 392 valence electrons. The smallest absolute Gasteiger partial charge is 0.550 e. The summed E-state index contributed by atoms with van der Waals surface area (Å²) in [6.45, 7) is 3.19.